The molecule has 17 heavy (non-hydrogen) atoms. The first kappa shape index (κ1) is 13.7. The van der Waals surface area contributed by atoms with Gasteiger partial charge in [0.1, 0.15) is 0 Å². The largest absolute Gasteiger partial charge is 0.378 e. The Morgan fingerprint density at radius 3 is 2.71 bits per heavy atom. The summed E-state index contributed by atoms with van der Waals surface area (Å²) < 4.78 is 29.0. The van der Waals surface area contributed by atoms with Crippen molar-refractivity contribution in [3.05, 3.63) is 29.8 Å². The van der Waals surface area contributed by atoms with Crippen molar-refractivity contribution in [2.45, 2.75) is 24.8 Å². The first-order chi connectivity index (χ1) is 7.95. The summed E-state index contributed by atoms with van der Waals surface area (Å²) >= 11 is 0. The van der Waals surface area contributed by atoms with Gasteiger partial charge in [-0.2, -0.15) is 5.26 Å². The van der Waals surface area contributed by atoms with Crippen LogP contribution in [0.5, 0.6) is 0 Å². The van der Waals surface area contributed by atoms with Gasteiger partial charge >= 0.3 is 0 Å². The number of rotatable bonds is 5. The predicted molar refractivity (Wildman–Crippen MR) is 64.3 cm³/mol. The van der Waals surface area contributed by atoms with Crippen LogP contribution in [0.1, 0.15) is 19.4 Å². The molecule has 0 fully saturated rings. The van der Waals surface area contributed by atoms with Crippen molar-refractivity contribution in [2.75, 3.05) is 12.4 Å². The maximum Gasteiger partial charge on any atom is 0.180 e. The fourth-order valence-corrected chi connectivity index (χ4v) is 2.41. The van der Waals surface area contributed by atoms with Crippen molar-refractivity contribution < 1.29 is 13.2 Å². The molecule has 0 heterocycles. The predicted octanol–water partition coefficient (Wildman–Crippen LogP) is 1.76. The van der Waals surface area contributed by atoms with E-state index in [1.807, 2.05) is 19.9 Å². The number of nitrogens with zero attached hydrogens (tertiary/aromatic N) is 1. The van der Waals surface area contributed by atoms with Gasteiger partial charge < -0.3 is 4.74 Å². The van der Waals surface area contributed by atoms with Crippen LogP contribution in [0, 0.1) is 11.3 Å². The maximum absolute atomic E-state index is 11.9. The van der Waals surface area contributed by atoms with E-state index in [9.17, 15) is 8.42 Å². The number of sulfone groups is 1. The third-order valence-electron chi connectivity index (χ3n) is 2.13. The fraction of sp³-hybridized carbons (Fsp3) is 0.417. The molecule has 0 radical (unpaired) electrons. The molecule has 4 nitrogen and oxygen atoms in total. The van der Waals surface area contributed by atoms with E-state index in [1.54, 1.807) is 12.1 Å². The van der Waals surface area contributed by atoms with Crippen LogP contribution in [0.3, 0.4) is 0 Å². The van der Waals surface area contributed by atoms with Gasteiger partial charge in [0.25, 0.3) is 0 Å². The van der Waals surface area contributed by atoms with Gasteiger partial charge in [-0.1, -0.05) is 6.07 Å². The lowest BCUT2D eigenvalue weighted by Crippen LogP contribution is -2.15. The van der Waals surface area contributed by atoms with E-state index in [2.05, 4.69) is 0 Å². The third kappa shape index (κ3) is 4.17. The number of hydrogen-bond acceptors (Lipinski definition) is 4. The van der Waals surface area contributed by atoms with Gasteiger partial charge in [-0.3, -0.25) is 0 Å². The van der Waals surface area contributed by atoms with E-state index >= 15 is 0 Å². The number of ether oxygens (including phenoxy) is 1. The third-order valence-corrected chi connectivity index (χ3v) is 3.80. The summed E-state index contributed by atoms with van der Waals surface area (Å²) in [4.78, 5) is 0.170. The number of hydrogen-bond donors (Lipinski definition) is 0. The van der Waals surface area contributed by atoms with Crippen molar-refractivity contribution >= 4 is 9.84 Å². The Hall–Kier alpha value is -1.38. The Morgan fingerprint density at radius 1 is 1.41 bits per heavy atom. The minimum atomic E-state index is -3.36. The van der Waals surface area contributed by atoms with Gasteiger partial charge in [-0.25, -0.2) is 8.42 Å². The highest BCUT2D eigenvalue weighted by molar-refractivity contribution is 7.91. The standard InChI is InChI=1S/C12H15NO3S/c1-10(2)16-6-7-17(14,15)12-5-3-4-11(8-12)9-13/h3-5,8,10H,6-7H2,1-2H3. The molecule has 1 aromatic carbocycles. The topological polar surface area (TPSA) is 67.2 Å². The van der Waals surface area contributed by atoms with Crippen LogP contribution in [-0.2, 0) is 14.6 Å². The minimum absolute atomic E-state index is 0.00985. The number of benzene rings is 1. The van der Waals surface area contributed by atoms with Gasteiger partial charge in [0.05, 0.1) is 35.0 Å². The molecule has 0 saturated heterocycles. The summed E-state index contributed by atoms with van der Waals surface area (Å²) in [6, 6.07) is 7.93. The molecule has 0 atom stereocenters. The molecule has 0 amide bonds. The van der Waals surface area contributed by atoms with Crippen LogP contribution in [0.2, 0.25) is 0 Å². The van der Waals surface area contributed by atoms with Crippen LogP contribution in [0.4, 0.5) is 0 Å². The van der Waals surface area contributed by atoms with Crippen LogP contribution >= 0.6 is 0 Å². The van der Waals surface area contributed by atoms with Crippen LogP contribution < -0.4 is 0 Å². The average molecular weight is 253 g/mol. The summed E-state index contributed by atoms with van der Waals surface area (Å²) in [5.41, 5.74) is 0.343. The summed E-state index contributed by atoms with van der Waals surface area (Å²) in [5, 5.41) is 8.71. The molecule has 0 aliphatic heterocycles. The maximum atomic E-state index is 11.9. The van der Waals surface area contributed by atoms with E-state index in [0.717, 1.165) is 0 Å². The lowest BCUT2D eigenvalue weighted by atomic mass is 10.2. The highest BCUT2D eigenvalue weighted by Gasteiger charge is 2.14. The van der Waals surface area contributed by atoms with Crippen LogP contribution in [-0.4, -0.2) is 26.9 Å². The normalized spacial score (nSPS) is 11.4. The van der Waals surface area contributed by atoms with Gasteiger partial charge in [-0.15, -0.1) is 0 Å². The zero-order valence-electron chi connectivity index (χ0n) is 9.88. The highest BCUT2D eigenvalue weighted by atomic mass is 32.2. The lowest BCUT2D eigenvalue weighted by molar-refractivity contribution is 0.0912. The molecule has 1 rings (SSSR count). The van der Waals surface area contributed by atoms with Crippen molar-refractivity contribution in [2.24, 2.45) is 0 Å². The molecular formula is C12H15NO3S. The molecule has 5 heteroatoms. The second kappa shape index (κ2) is 5.80. The van der Waals surface area contributed by atoms with Gasteiger partial charge in [0.15, 0.2) is 9.84 Å². The summed E-state index contributed by atoms with van der Waals surface area (Å²) in [6.45, 7) is 3.86. The van der Waals surface area contributed by atoms with E-state index in [-0.39, 0.29) is 23.4 Å². The monoisotopic (exact) mass is 253 g/mol. The summed E-state index contributed by atoms with van der Waals surface area (Å²) in [6.07, 6.45) is 0.00985. The molecule has 1 aromatic rings. The Balaban J connectivity index is 2.79. The van der Waals surface area contributed by atoms with Gasteiger partial charge in [-0.05, 0) is 32.0 Å². The van der Waals surface area contributed by atoms with Gasteiger partial charge in [0.2, 0.25) is 0 Å². The van der Waals surface area contributed by atoms with E-state index in [0.29, 0.717) is 5.56 Å². The Labute approximate surface area is 102 Å². The van der Waals surface area contributed by atoms with Crippen LogP contribution in [0.25, 0.3) is 0 Å². The highest BCUT2D eigenvalue weighted by Crippen LogP contribution is 2.13. The Kier molecular flexibility index (Phi) is 4.67. The minimum Gasteiger partial charge on any atom is -0.378 e. The molecule has 0 saturated carbocycles. The SMILES string of the molecule is CC(C)OCCS(=O)(=O)c1cccc(C#N)c1. The molecule has 0 aliphatic rings. The second-order valence-corrected chi connectivity index (χ2v) is 5.99. The smallest absolute Gasteiger partial charge is 0.180 e. The lowest BCUT2D eigenvalue weighted by Gasteiger charge is -2.08. The van der Waals surface area contributed by atoms with Crippen molar-refractivity contribution in [1.29, 1.82) is 5.26 Å². The second-order valence-electron chi connectivity index (χ2n) is 3.88. The molecule has 0 unspecified atom stereocenters. The molecule has 0 bridgehead atoms. The van der Waals surface area contributed by atoms with E-state index < -0.39 is 9.84 Å². The molecule has 0 aromatic heterocycles. The zero-order valence-corrected chi connectivity index (χ0v) is 10.7. The Bertz CT molecular complexity index is 515. The molecule has 92 valence electrons. The van der Waals surface area contributed by atoms with Crippen molar-refractivity contribution in [1.82, 2.24) is 0 Å². The molecule has 0 spiro atoms. The fourth-order valence-electron chi connectivity index (χ4n) is 1.27. The molecule has 0 N–H and O–H groups in total. The van der Waals surface area contributed by atoms with Gasteiger partial charge in [0, 0.05) is 0 Å². The van der Waals surface area contributed by atoms with E-state index in [1.165, 1.54) is 12.1 Å². The average Bonchev–Trinajstić information content (AvgIpc) is 2.28. The van der Waals surface area contributed by atoms with E-state index in [4.69, 9.17) is 10.00 Å². The molecule has 0 aliphatic carbocycles. The summed E-state index contributed by atoms with van der Waals surface area (Å²) in [7, 11) is -3.36. The zero-order chi connectivity index (χ0) is 12.9. The van der Waals surface area contributed by atoms with Crippen LogP contribution in [0.15, 0.2) is 29.2 Å². The first-order valence-corrected chi connectivity index (χ1v) is 6.95. The summed E-state index contributed by atoms with van der Waals surface area (Å²) in [5.74, 6) is -0.0694. The van der Waals surface area contributed by atoms with Crippen molar-refractivity contribution in [3.8, 4) is 6.07 Å². The number of nitriles is 1. The van der Waals surface area contributed by atoms with Crippen molar-refractivity contribution in [3.63, 3.8) is 0 Å². The first-order valence-electron chi connectivity index (χ1n) is 5.30. The quantitative estimate of drug-likeness (QED) is 0.802. The Morgan fingerprint density at radius 2 is 2.12 bits per heavy atom. The molecular weight excluding hydrogens is 238 g/mol.